The van der Waals surface area contributed by atoms with Crippen molar-refractivity contribution >= 4 is 35.3 Å². The Hall–Kier alpha value is -2.24. The number of para-hydroxylation sites is 1. The molecule has 5 nitrogen and oxygen atoms in total. The van der Waals surface area contributed by atoms with Gasteiger partial charge in [0.05, 0.1) is 18.3 Å². The smallest absolute Gasteiger partial charge is 0.277 e. The first-order valence-corrected chi connectivity index (χ1v) is 7.39. The van der Waals surface area contributed by atoms with Gasteiger partial charge in [-0.05, 0) is 24.3 Å². The molecule has 0 unspecified atom stereocenters. The number of methoxy groups -OCH3 is 1. The minimum atomic E-state index is -0.424. The number of nitrogens with one attached hydrogen (secondary N) is 1. The summed E-state index contributed by atoms with van der Waals surface area (Å²) in [6.45, 7) is -0.233. The minimum absolute atomic E-state index is 0.233. The monoisotopic (exact) mass is 352 g/mol. The molecule has 0 saturated carbocycles. The van der Waals surface area contributed by atoms with Crippen molar-refractivity contribution < 1.29 is 14.3 Å². The number of amides is 1. The van der Waals surface area contributed by atoms with E-state index in [1.54, 1.807) is 31.4 Å². The van der Waals surface area contributed by atoms with Crippen LogP contribution in [0.15, 0.2) is 47.6 Å². The van der Waals surface area contributed by atoms with Gasteiger partial charge in [-0.3, -0.25) is 4.79 Å². The number of halogens is 2. The topological polar surface area (TPSA) is 59.9 Å². The Kier molecular flexibility index (Phi) is 6.26. The first-order valence-electron chi connectivity index (χ1n) is 6.63. The van der Waals surface area contributed by atoms with Gasteiger partial charge in [0, 0.05) is 5.56 Å². The molecule has 0 fully saturated rings. The first-order chi connectivity index (χ1) is 11.1. The second-order valence-corrected chi connectivity index (χ2v) is 5.16. The lowest BCUT2D eigenvalue weighted by Crippen LogP contribution is -2.24. The van der Waals surface area contributed by atoms with Crippen LogP contribution in [-0.4, -0.2) is 25.8 Å². The zero-order valence-corrected chi connectivity index (χ0v) is 13.8. The molecule has 0 aliphatic carbocycles. The predicted molar refractivity (Wildman–Crippen MR) is 90.7 cm³/mol. The molecule has 23 heavy (non-hydrogen) atoms. The summed E-state index contributed by atoms with van der Waals surface area (Å²) in [5.74, 6) is 0.572. The molecule has 7 heteroatoms. The van der Waals surface area contributed by atoms with Gasteiger partial charge in [0.15, 0.2) is 6.61 Å². The van der Waals surface area contributed by atoms with E-state index in [4.69, 9.17) is 32.7 Å². The third-order valence-electron chi connectivity index (χ3n) is 2.81. The van der Waals surface area contributed by atoms with Gasteiger partial charge in [-0.2, -0.15) is 5.10 Å². The van der Waals surface area contributed by atoms with Crippen molar-refractivity contribution in [2.24, 2.45) is 5.10 Å². The average Bonchev–Trinajstić information content (AvgIpc) is 2.56. The number of hydrogen-bond acceptors (Lipinski definition) is 4. The van der Waals surface area contributed by atoms with Gasteiger partial charge < -0.3 is 9.47 Å². The minimum Gasteiger partial charge on any atom is -0.496 e. The van der Waals surface area contributed by atoms with Gasteiger partial charge in [-0.25, -0.2) is 5.43 Å². The van der Waals surface area contributed by atoms with Gasteiger partial charge in [-0.1, -0.05) is 41.4 Å². The van der Waals surface area contributed by atoms with E-state index in [1.165, 1.54) is 6.21 Å². The average molecular weight is 353 g/mol. The van der Waals surface area contributed by atoms with Gasteiger partial charge in [-0.15, -0.1) is 0 Å². The summed E-state index contributed by atoms with van der Waals surface area (Å²) in [5.41, 5.74) is 3.11. The molecule has 0 saturated heterocycles. The highest BCUT2D eigenvalue weighted by atomic mass is 35.5. The number of rotatable bonds is 6. The number of carbonyl (C=O) groups excluding carboxylic acids is 1. The molecule has 2 aromatic rings. The summed E-state index contributed by atoms with van der Waals surface area (Å²) in [7, 11) is 1.56. The summed E-state index contributed by atoms with van der Waals surface area (Å²) in [4.78, 5) is 11.7. The van der Waals surface area contributed by atoms with E-state index in [1.807, 2.05) is 18.2 Å². The van der Waals surface area contributed by atoms with Crippen LogP contribution in [0.3, 0.4) is 0 Å². The van der Waals surface area contributed by atoms with Crippen molar-refractivity contribution in [3.63, 3.8) is 0 Å². The fourth-order valence-electron chi connectivity index (χ4n) is 1.72. The maximum Gasteiger partial charge on any atom is 0.277 e. The first kappa shape index (κ1) is 17.1. The number of ether oxygens (including phenoxy) is 2. The Labute approximate surface area is 143 Å². The van der Waals surface area contributed by atoms with Crippen molar-refractivity contribution in [3.05, 3.63) is 58.1 Å². The van der Waals surface area contributed by atoms with Crippen LogP contribution in [0.25, 0.3) is 0 Å². The Morgan fingerprint density at radius 1 is 1.17 bits per heavy atom. The Morgan fingerprint density at radius 3 is 2.70 bits per heavy atom. The van der Waals surface area contributed by atoms with E-state index in [0.717, 1.165) is 5.56 Å². The second-order valence-electron chi connectivity index (χ2n) is 4.38. The number of hydrazone groups is 1. The molecule has 0 bridgehead atoms. The molecule has 1 N–H and O–H groups in total. The van der Waals surface area contributed by atoms with E-state index in [9.17, 15) is 4.79 Å². The number of hydrogen-bond donors (Lipinski definition) is 1. The summed E-state index contributed by atoms with van der Waals surface area (Å²) < 4.78 is 10.5. The Balaban J connectivity index is 1.88. The lowest BCUT2D eigenvalue weighted by Gasteiger charge is -2.07. The lowest BCUT2D eigenvalue weighted by molar-refractivity contribution is -0.123. The zero-order valence-electron chi connectivity index (χ0n) is 12.3. The fraction of sp³-hybridized carbons (Fsp3) is 0.125. The molecule has 0 aliphatic heterocycles. The maximum absolute atomic E-state index is 11.7. The van der Waals surface area contributed by atoms with E-state index in [-0.39, 0.29) is 11.6 Å². The molecule has 0 heterocycles. The van der Waals surface area contributed by atoms with E-state index >= 15 is 0 Å². The molecule has 0 aliphatic rings. The van der Waals surface area contributed by atoms with Crippen molar-refractivity contribution in [3.8, 4) is 11.5 Å². The molecule has 2 rings (SSSR count). The lowest BCUT2D eigenvalue weighted by atomic mass is 10.2. The van der Waals surface area contributed by atoms with E-state index < -0.39 is 5.91 Å². The van der Waals surface area contributed by atoms with E-state index in [2.05, 4.69) is 10.5 Å². The molecule has 0 radical (unpaired) electrons. The molecule has 1 amide bonds. The second kappa shape index (κ2) is 8.41. The highest BCUT2D eigenvalue weighted by molar-refractivity contribution is 6.42. The number of carbonyl (C=O) groups is 1. The third kappa shape index (κ3) is 4.87. The molecular formula is C16H14Cl2N2O3. The van der Waals surface area contributed by atoms with Crippen LogP contribution >= 0.6 is 23.2 Å². The number of nitrogens with zero attached hydrogens (tertiary/aromatic N) is 1. The summed E-state index contributed by atoms with van der Waals surface area (Å²) in [6.07, 6.45) is 1.49. The van der Waals surface area contributed by atoms with Crippen molar-refractivity contribution in [1.82, 2.24) is 5.43 Å². The van der Waals surface area contributed by atoms with E-state index in [0.29, 0.717) is 16.5 Å². The molecule has 120 valence electrons. The van der Waals surface area contributed by atoms with Gasteiger partial charge in [0.25, 0.3) is 5.91 Å². The van der Waals surface area contributed by atoms with Crippen molar-refractivity contribution in [1.29, 1.82) is 0 Å². The largest absolute Gasteiger partial charge is 0.496 e. The van der Waals surface area contributed by atoms with Crippen LogP contribution in [0.5, 0.6) is 11.5 Å². The van der Waals surface area contributed by atoms with Gasteiger partial charge in [0.1, 0.15) is 16.5 Å². The molecular weight excluding hydrogens is 339 g/mol. The van der Waals surface area contributed by atoms with Crippen LogP contribution in [0.2, 0.25) is 10.0 Å². The number of benzene rings is 2. The van der Waals surface area contributed by atoms with Crippen LogP contribution in [-0.2, 0) is 4.79 Å². The normalized spacial score (nSPS) is 10.6. The van der Waals surface area contributed by atoms with Crippen LogP contribution in [0.1, 0.15) is 5.56 Å². The van der Waals surface area contributed by atoms with Gasteiger partial charge in [0.2, 0.25) is 0 Å². The summed E-state index contributed by atoms with van der Waals surface area (Å²) >= 11 is 11.8. The molecule has 0 aromatic heterocycles. The SMILES string of the molecule is COc1ccccc1/C=N\NC(=O)COc1cccc(Cl)c1Cl. The fourth-order valence-corrected chi connectivity index (χ4v) is 2.06. The quantitative estimate of drug-likeness (QED) is 0.638. The van der Waals surface area contributed by atoms with Crippen molar-refractivity contribution in [2.75, 3.05) is 13.7 Å². The van der Waals surface area contributed by atoms with Gasteiger partial charge >= 0.3 is 0 Å². The highest BCUT2D eigenvalue weighted by Gasteiger charge is 2.07. The van der Waals surface area contributed by atoms with Crippen LogP contribution < -0.4 is 14.9 Å². The summed E-state index contributed by atoms with van der Waals surface area (Å²) in [6, 6.07) is 12.2. The Morgan fingerprint density at radius 2 is 1.91 bits per heavy atom. The predicted octanol–water partition coefficient (Wildman–Crippen LogP) is 3.53. The molecule has 0 atom stereocenters. The highest BCUT2D eigenvalue weighted by Crippen LogP contribution is 2.31. The molecule has 2 aromatic carbocycles. The third-order valence-corrected chi connectivity index (χ3v) is 3.61. The van der Waals surface area contributed by atoms with Crippen LogP contribution in [0.4, 0.5) is 0 Å². The maximum atomic E-state index is 11.7. The Bertz CT molecular complexity index is 720. The zero-order chi connectivity index (χ0) is 16.7. The van der Waals surface area contributed by atoms with Crippen LogP contribution in [0, 0.1) is 0 Å². The molecule has 0 spiro atoms. The van der Waals surface area contributed by atoms with Crippen molar-refractivity contribution in [2.45, 2.75) is 0 Å². The summed E-state index contributed by atoms with van der Waals surface area (Å²) in [5, 5.41) is 4.48. The standard InChI is InChI=1S/C16H14Cl2N2O3/c1-22-13-7-3-2-5-11(13)9-19-20-15(21)10-23-14-8-4-6-12(17)16(14)18/h2-9H,10H2,1H3,(H,20,21)/b19-9-.